The van der Waals surface area contributed by atoms with Gasteiger partial charge >= 0.3 is 5.97 Å². The molecule has 2 rings (SSSR count). The first kappa shape index (κ1) is 13.1. The summed E-state index contributed by atoms with van der Waals surface area (Å²) >= 11 is 0. The van der Waals surface area contributed by atoms with Gasteiger partial charge in [0, 0.05) is 24.5 Å². The molecule has 1 fully saturated rings. The van der Waals surface area contributed by atoms with Crippen LogP contribution in [0.2, 0.25) is 0 Å². The molecule has 3 atom stereocenters. The van der Waals surface area contributed by atoms with E-state index in [-0.39, 0.29) is 6.04 Å². The first-order valence-electron chi connectivity index (χ1n) is 6.44. The standard InChI is InChI=1S/C14H20N2O2/c1-2-13-12(7-11(15)8-16-13)9-4-3-5-10(6-9)14(17)18/h3-6,11-13,16H,2,7-8,15H2,1H3,(H,17,18). The Morgan fingerprint density at radius 3 is 3.00 bits per heavy atom. The molecule has 1 aliphatic rings. The molecule has 0 aliphatic carbocycles. The van der Waals surface area contributed by atoms with Crippen LogP contribution >= 0.6 is 0 Å². The van der Waals surface area contributed by atoms with Gasteiger partial charge in [-0.05, 0) is 30.5 Å². The van der Waals surface area contributed by atoms with Crippen molar-refractivity contribution in [1.29, 1.82) is 0 Å². The SMILES string of the molecule is CCC1NCC(N)CC1c1cccc(C(=O)O)c1. The van der Waals surface area contributed by atoms with Gasteiger partial charge in [-0.25, -0.2) is 4.79 Å². The molecule has 1 aliphatic heterocycles. The van der Waals surface area contributed by atoms with Crippen LogP contribution in [-0.4, -0.2) is 29.7 Å². The number of nitrogens with one attached hydrogen (secondary N) is 1. The van der Waals surface area contributed by atoms with Crippen molar-refractivity contribution >= 4 is 5.97 Å². The number of hydrogen-bond donors (Lipinski definition) is 3. The van der Waals surface area contributed by atoms with E-state index < -0.39 is 5.97 Å². The Morgan fingerprint density at radius 1 is 1.56 bits per heavy atom. The zero-order valence-electron chi connectivity index (χ0n) is 10.6. The maximum absolute atomic E-state index is 11.0. The summed E-state index contributed by atoms with van der Waals surface area (Å²) < 4.78 is 0. The van der Waals surface area contributed by atoms with Crippen LogP contribution < -0.4 is 11.1 Å². The predicted molar refractivity (Wildman–Crippen MR) is 70.8 cm³/mol. The lowest BCUT2D eigenvalue weighted by molar-refractivity contribution is 0.0696. The van der Waals surface area contributed by atoms with E-state index in [1.807, 2.05) is 12.1 Å². The van der Waals surface area contributed by atoms with Crippen molar-refractivity contribution in [3.8, 4) is 0 Å². The summed E-state index contributed by atoms with van der Waals surface area (Å²) in [4.78, 5) is 11.0. The molecule has 1 aromatic rings. The number of hydrogen-bond acceptors (Lipinski definition) is 3. The molecule has 0 aromatic heterocycles. The van der Waals surface area contributed by atoms with E-state index in [0.717, 1.165) is 24.9 Å². The molecular formula is C14H20N2O2. The van der Waals surface area contributed by atoms with Crippen LogP contribution in [0.5, 0.6) is 0 Å². The maximum atomic E-state index is 11.0. The lowest BCUT2D eigenvalue weighted by atomic mass is 9.81. The van der Waals surface area contributed by atoms with Crippen LogP contribution in [0.25, 0.3) is 0 Å². The van der Waals surface area contributed by atoms with Crippen LogP contribution in [0.15, 0.2) is 24.3 Å². The minimum Gasteiger partial charge on any atom is -0.478 e. The second-order valence-corrected chi connectivity index (χ2v) is 4.96. The molecule has 4 N–H and O–H groups in total. The average Bonchev–Trinajstić information content (AvgIpc) is 2.39. The zero-order chi connectivity index (χ0) is 13.1. The van der Waals surface area contributed by atoms with Gasteiger partial charge in [-0.3, -0.25) is 0 Å². The van der Waals surface area contributed by atoms with Crippen LogP contribution in [0.3, 0.4) is 0 Å². The minimum atomic E-state index is -0.877. The molecule has 4 nitrogen and oxygen atoms in total. The Kier molecular flexibility index (Phi) is 3.99. The smallest absolute Gasteiger partial charge is 0.335 e. The van der Waals surface area contributed by atoms with Gasteiger partial charge in [0.25, 0.3) is 0 Å². The molecule has 0 amide bonds. The number of piperidine rings is 1. The fraction of sp³-hybridized carbons (Fsp3) is 0.500. The molecule has 0 bridgehead atoms. The van der Waals surface area contributed by atoms with E-state index >= 15 is 0 Å². The molecule has 0 radical (unpaired) electrons. The molecule has 18 heavy (non-hydrogen) atoms. The van der Waals surface area contributed by atoms with E-state index in [0.29, 0.717) is 17.5 Å². The van der Waals surface area contributed by atoms with Crippen LogP contribution in [0.4, 0.5) is 0 Å². The van der Waals surface area contributed by atoms with Crippen LogP contribution in [0, 0.1) is 0 Å². The quantitative estimate of drug-likeness (QED) is 0.759. The predicted octanol–water partition coefficient (Wildman–Crippen LogP) is 1.57. The topological polar surface area (TPSA) is 75.3 Å². The largest absolute Gasteiger partial charge is 0.478 e. The Labute approximate surface area is 107 Å². The van der Waals surface area contributed by atoms with Crippen LogP contribution in [0.1, 0.15) is 41.6 Å². The summed E-state index contributed by atoms with van der Waals surface area (Å²) in [7, 11) is 0. The minimum absolute atomic E-state index is 0.145. The Balaban J connectivity index is 2.27. The van der Waals surface area contributed by atoms with Gasteiger partial charge in [0.2, 0.25) is 0 Å². The van der Waals surface area contributed by atoms with Gasteiger partial charge in [-0.1, -0.05) is 19.1 Å². The molecular weight excluding hydrogens is 228 g/mol. The van der Waals surface area contributed by atoms with E-state index in [1.54, 1.807) is 12.1 Å². The molecule has 98 valence electrons. The van der Waals surface area contributed by atoms with Crippen molar-refractivity contribution < 1.29 is 9.90 Å². The Bertz CT molecular complexity index is 434. The number of benzene rings is 1. The molecule has 4 heteroatoms. The van der Waals surface area contributed by atoms with Gasteiger partial charge in [0.1, 0.15) is 0 Å². The molecule has 1 aromatic carbocycles. The first-order valence-corrected chi connectivity index (χ1v) is 6.44. The third-order valence-electron chi connectivity index (χ3n) is 3.69. The fourth-order valence-corrected chi connectivity index (χ4v) is 2.72. The summed E-state index contributed by atoms with van der Waals surface area (Å²) in [6.45, 7) is 2.98. The average molecular weight is 248 g/mol. The summed E-state index contributed by atoms with van der Waals surface area (Å²) in [5.74, 6) is -0.573. The molecule has 1 heterocycles. The zero-order valence-corrected chi connectivity index (χ0v) is 10.6. The second-order valence-electron chi connectivity index (χ2n) is 4.96. The van der Waals surface area contributed by atoms with E-state index in [1.165, 1.54) is 0 Å². The lowest BCUT2D eigenvalue weighted by Crippen LogP contribution is -2.49. The van der Waals surface area contributed by atoms with Crippen molar-refractivity contribution in [3.63, 3.8) is 0 Å². The van der Waals surface area contributed by atoms with Gasteiger partial charge in [-0.2, -0.15) is 0 Å². The number of carbonyl (C=O) groups is 1. The number of carboxylic acids is 1. The lowest BCUT2D eigenvalue weighted by Gasteiger charge is -2.35. The van der Waals surface area contributed by atoms with Crippen molar-refractivity contribution in [2.45, 2.75) is 37.8 Å². The molecule has 0 spiro atoms. The molecule has 3 unspecified atom stereocenters. The third-order valence-corrected chi connectivity index (χ3v) is 3.69. The monoisotopic (exact) mass is 248 g/mol. The summed E-state index contributed by atoms with van der Waals surface area (Å²) in [6, 6.07) is 7.74. The van der Waals surface area contributed by atoms with Gasteiger partial charge in [0.15, 0.2) is 0 Å². The van der Waals surface area contributed by atoms with Crippen LogP contribution in [-0.2, 0) is 0 Å². The summed E-state index contributed by atoms with van der Waals surface area (Å²) in [6.07, 6.45) is 1.93. The fourth-order valence-electron chi connectivity index (χ4n) is 2.72. The van der Waals surface area contributed by atoms with E-state index in [4.69, 9.17) is 10.8 Å². The van der Waals surface area contributed by atoms with Crippen molar-refractivity contribution in [2.75, 3.05) is 6.54 Å². The highest BCUT2D eigenvalue weighted by Gasteiger charge is 2.28. The van der Waals surface area contributed by atoms with E-state index in [9.17, 15) is 4.79 Å². The normalized spacial score (nSPS) is 28.0. The Morgan fingerprint density at radius 2 is 2.33 bits per heavy atom. The molecule has 1 saturated heterocycles. The van der Waals surface area contributed by atoms with Gasteiger partial charge < -0.3 is 16.2 Å². The number of aromatic carboxylic acids is 1. The summed E-state index contributed by atoms with van der Waals surface area (Å²) in [5.41, 5.74) is 7.42. The third kappa shape index (κ3) is 2.71. The van der Waals surface area contributed by atoms with Crippen molar-refractivity contribution in [1.82, 2.24) is 5.32 Å². The van der Waals surface area contributed by atoms with Crippen molar-refractivity contribution in [3.05, 3.63) is 35.4 Å². The highest BCUT2D eigenvalue weighted by atomic mass is 16.4. The van der Waals surface area contributed by atoms with Gasteiger partial charge in [-0.15, -0.1) is 0 Å². The number of carboxylic acid groups (broad SMARTS) is 1. The number of rotatable bonds is 3. The summed E-state index contributed by atoms with van der Waals surface area (Å²) in [5, 5.41) is 12.5. The number of nitrogens with two attached hydrogens (primary N) is 1. The highest BCUT2D eigenvalue weighted by molar-refractivity contribution is 5.87. The highest BCUT2D eigenvalue weighted by Crippen LogP contribution is 2.29. The molecule has 0 saturated carbocycles. The second kappa shape index (κ2) is 5.50. The van der Waals surface area contributed by atoms with E-state index in [2.05, 4.69) is 12.2 Å². The maximum Gasteiger partial charge on any atom is 0.335 e. The van der Waals surface area contributed by atoms with Crippen molar-refractivity contribution in [2.24, 2.45) is 5.73 Å². The Hall–Kier alpha value is -1.39. The first-order chi connectivity index (χ1) is 8.61. The van der Waals surface area contributed by atoms with Gasteiger partial charge in [0.05, 0.1) is 5.56 Å².